The topological polar surface area (TPSA) is 55.1 Å². The van der Waals surface area contributed by atoms with Gasteiger partial charge in [0.1, 0.15) is 0 Å². The molecule has 0 aliphatic heterocycles. The Balaban J connectivity index is 3.34. The van der Waals surface area contributed by atoms with E-state index in [2.05, 4.69) is 25.9 Å². The molecule has 0 unspecified atom stereocenters. The van der Waals surface area contributed by atoms with Crippen LogP contribution in [0.1, 0.15) is 44.6 Å². The van der Waals surface area contributed by atoms with Crippen LogP contribution in [0.15, 0.2) is 5.57 Å². The van der Waals surface area contributed by atoms with E-state index in [1.165, 1.54) is 0 Å². The first-order chi connectivity index (χ1) is 7.64. The Hall–Kier alpha value is -1.58. The molecule has 0 aromatic carbocycles. The van der Waals surface area contributed by atoms with Gasteiger partial charge in [-0.15, -0.1) is 0 Å². The van der Waals surface area contributed by atoms with Crippen molar-refractivity contribution >= 4 is 12.0 Å². The zero-order chi connectivity index (χ0) is 13.4. The molecule has 0 radical (unpaired) electrons. The summed E-state index contributed by atoms with van der Waals surface area (Å²) in [5.41, 5.74) is 2.98. The number of carboxylic acid groups (broad SMARTS) is 1. The van der Waals surface area contributed by atoms with E-state index in [1.54, 1.807) is 13.0 Å². The van der Waals surface area contributed by atoms with Gasteiger partial charge in [0.2, 0.25) is 0 Å². The molecule has 0 saturated carbocycles. The van der Waals surface area contributed by atoms with Gasteiger partial charge in [0, 0.05) is 16.8 Å². The molecule has 94 valence electrons. The van der Waals surface area contributed by atoms with E-state index in [0.717, 1.165) is 17.0 Å². The molecule has 4 heteroatoms. The Morgan fingerprint density at radius 3 is 2.24 bits per heavy atom. The summed E-state index contributed by atoms with van der Waals surface area (Å²) in [6, 6.07) is 0. The number of aromatic nitrogens is 2. The van der Waals surface area contributed by atoms with Crippen LogP contribution in [0.4, 0.5) is 0 Å². The summed E-state index contributed by atoms with van der Waals surface area (Å²) in [6.45, 7) is 11.7. The molecule has 0 saturated heterocycles. The molecule has 1 aromatic rings. The van der Waals surface area contributed by atoms with Crippen LogP contribution in [0.2, 0.25) is 0 Å². The number of carbonyl (C=O) groups is 1. The Morgan fingerprint density at radius 1 is 1.35 bits per heavy atom. The van der Waals surface area contributed by atoms with Crippen molar-refractivity contribution in [1.82, 2.24) is 9.78 Å². The van der Waals surface area contributed by atoms with Crippen LogP contribution in [0, 0.1) is 13.8 Å². The second-order valence-corrected chi connectivity index (χ2v) is 5.30. The maximum atomic E-state index is 10.8. The van der Waals surface area contributed by atoms with E-state index in [1.807, 2.05) is 18.5 Å². The molecule has 1 rings (SSSR count). The predicted molar refractivity (Wildman–Crippen MR) is 68.0 cm³/mol. The van der Waals surface area contributed by atoms with Gasteiger partial charge in [-0.3, -0.25) is 4.68 Å². The fourth-order valence-corrected chi connectivity index (χ4v) is 1.80. The number of carboxylic acids is 1. The van der Waals surface area contributed by atoms with E-state index in [-0.39, 0.29) is 5.54 Å². The lowest BCUT2D eigenvalue weighted by atomic mass is 10.1. The van der Waals surface area contributed by atoms with Crippen molar-refractivity contribution in [3.05, 3.63) is 22.5 Å². The summed E-state index contributed by atoms with van der Waals surface area (Å²) in [7, 11) is 0. The number of hydrogen-bond acceptors (Lipinski definition) is 2. The highest BCUT2D eigenvalue weighted by Gasteiger charge is 2.20. The van der Waals surface area contributed by atoms with Crippen molar-refractivity contribution in [1.29, 1.82) is 0 Å². The maximum absolute atomic E-state index is 10.8. The summed E-state index contributed by atoms with van der Waals surface area (Å²) in [5, 5.41) is 13.4. The quantitative estimate of drug-likeness (QED) is 0.803. The summed E-state index contributed by atoms with van der Waals surface area (Å²) in [5.74, 6) is -0.896. The van der Waals surface area contributed by atoms with Crippen LogP contribution in [-0.2, 0) is 10.3 Å². The largest absolute Gasteiger partial charge is 0.478 e. The van der Waals surface area contributed by atoms with Crippen LogP contribution in [-0.4, -0.2) is 20.9 Å². The molecule has 0 amide bonds. The van der Waals surface area contributed by atoms with Gasteiger partial charge in [0.05, 0.1) is 11.2 Å². The Morgan fingerprint density at radius 2 is 1.88 bits per heavy atom. The van der Waals surface area contributed by atoms with Gasteiger partial charge in [0.25, 0.3) is 0 Å². The maximum Gasteiger partial charge on any atom is 0.331 e. The van der Waals surface area contributed by atoms with Crippen LogP contribution in [0.25, 0.3) is 6.08 Å². The van der Waals surface area contributed by atoms with Gasteiger partial charge >= 0.3 is 5.97 Å². The van der Waals surface area contributed by atoms with Gasteiger partial charge in [-0.1, -0.05) is 0 Å². The molecular formula is C13H20N2O2. The molecule has 0 fully saturated rings. The molecular weight excluding hydrogens is 216 g/mol. The highest BCUT2D eigenvalue weighted by molar-refractivity contribution is 5.91. The monoisotopic (exact) mass is 236 g/mol. The number of aryl methyl sites for hydroxylation is 1. The lowest BCUT2D eigenvalue weighted by molar-refractivity contribution is -0.132. The Labute approximate surface area is 102 Å². The molecule has 1 heterocycles. The first-order valence-corrected chi connectivity index (χ1v) is 5.63. The highest BCUT2D eigenvalue weighted by Crippen LogP contribution is 2.23. The number of aliphatic carboxylic acids is 1. The summed E-state index contributed by atoms with van der Waals surface area (Å²) in [6.07, 6.45) is 1.68. The lowest BCUT2D eigenvalue weighted by Crippen LogP contribution is -2.24. The Kier molecular flexibility index (Phi) is 3.45. The molecule has 1 aromatic heterocycles. The minimum absolute atomic E-state index is 0.0991. The van der Waals surface area contributed by atoms with Crippen molar-refractivity contribution in [2.45, 2.75) is 47.1 Å². The predicted octanol–water partition coefficient (Wildman–Crippen LogP) is 2.74. The molecule has 0 aliphatic carbocycles. The Bertz CT molecular complexity index is 476. The first-order valence-electron chi connectivity index (χ1n) is 5.63. The van der Waals surface area contributed by atoms with Crippen LogP contribution >= 0.6 is 0 Å². The standard InChI is InChI=1S/C13H20N2O2/c1-8(12(16)17)7-11-9(2)14-15(10(11)3)13(4,5)6/h7H,1-6H3,(H,16,17)/b8-7+. The second-order valence-electron chi connectivity index (χ2n) is 5.30. The van der Waals surface area contributed by atoms with Gasteiger partial charge in [-0.05, 0) is 47.6 Å². The van der Waals surface area contributed by atoms with E-state index in [4.69, 9.17) is 5.11 Å². The van der Waals surface area contributed by atoms with E-state index in [9.17, 15) is 4.79 Å². The summed E-state index contributed by atoms with van der Waals surface area (Å²) in [4.78, 5) is 10.8. The molecule has 0 atom stereocenters. The van der Waals surface area contributed by atoms with Crippen LogP contribution < -0.4 is 0 Å². The van der Waals surface area contributed by atoms with Crippen LogP contribution in [0.5, 0.6) is 0 Å². The van der Waals surface area contributed by atoms with Gasteiger partial charge < -0.3 is 5.11 Å². The van der Waals surface area contributed by atoms with Gasteiger partial charge in [0.15, 0.2) is 0 Å². The van der Waals surface area contributed by atoms with Crippen molar-refractivity contribution < 1.29 is 9.90 Å². The van der Waals surface area contributed by atoms with Crippen LogP contribution in [0.3, 0.4) is 0 Å². The fourth-order valence-electron chi connectivity index (χ4n) is 1.80. The minimum Gasteiger partial charge on any atom is -0.478 e. The van der Waals surface area contributed by atoms with Gasteiger partial charge in [-0.2, -0.15) is 5.10 Å². The average molecular weight is 236 g/mol. The molecule has 0 bridgehead atoms. The molecule has 4 nitrogen and oxygen atoms in total. The SMILES string of the molecule is C/C(=C\c1c(C)nn(C(C)(C)C)c1C)C(=O)O. The number of rotatable bonds is 2. The molecule has 0 spiro atoms. The van der Waals surface area contributed by atoms with Gasteiger partial charge in [-0.25, -0.2) is 4.79 Å². The third-order valence-electron chi connectivity index (χ3n) is 2.68. The third kappa shape index (κ3) is 2.75. The third-order valence-corrected chi connectivity index (χ3v) is 2.68. The normalized spacial score (nSPS) is 12.9. The number of nitrogens with zero attached hydrogens (tertiary/aromatic N) is 2. The average Bonchev–Trinajstić information content (AvgIpc) is 2.44. The minimum atomic E-state index is -0.896. The van der Waals surface area contributed by atoms with E-state index < -0.39 is 5.97 Å². The molecule has 0 aliphatic rings. The van der Waals surface area contributed by atoms with Crippen molar-refractivity contribution in [3.8, 4) is 0 Å². The van der Waals surface area contributed by atoms with Crippen molar-refractivity contribution in [3.63, 3.8) is 0 Å². The second kappa shape index (κ2) is 4.35. The molecule has 17 heavy (non-hydrogen) atoms. The summed E-state index contributed by atoms with van der Waals surface area (Å²) >= 11 is 0. The van der Waals surface area contributed by atoms with E-state index in [0.29, 0.717) is 5.57 Å². The highest BCUT2D eigenvalue weighted by atomic mass is 16.4. The van der Waals surface area contributed by atoms with Crippen molar-refractivity contribution in [2.75, 3.05) is 0 Å². The van der Waals surface area contributed by atoms with Crippen molar-refractivity contribution in [2.24, 2.45) is 0 Å². The lowest BCUT2D eigenvalue weighted by Gasteiger charge is -2.21. The first kappa shape index (κ1) is 13.5. The zero-order valence-corrected chi connectivity index (χ0v) is 11.3. The fraction of sp³-hybridized carbons (Fsp3) is 0.538. The summed E-state index contributed by atoms with van der Waals surface area (Å²) < 4.78 is 1.93. The molecule has 1 N–H and O–H groups in total. The number of hydrogen-bond donors (Lipinski definition) is 1. The smallest absolute Gasteiger partial charge is 0.331 e. The van der Waals surface area contributed by atoms with E-state index >= 15 is 0 Å². The zero-order valence-electron chi connectivity index (χ0n) is 11.3.